The number of nitrogens with zero attached hydrogens (tertiary/aromatic N) is 2. The lowest BCUT2D eigenvalue weighted by Crippen LogP contribution is -2.01. The number of benzene rings is 1. The minimum absolute atomic E-state index is 0.215. The Balaban J connectivity index is 2.21. The van der Waals surface area contributed by atoms with Crippen LogP contribution in [-0.4, -0.2) is 21.7 Å². The first-order chi connectivity index (χ1) is 8.20. The highest BCUT2D eigenvalue weighted by molar-refractivity contribution is 5.55. The number of hydrogen-bond donors (Lipinski definition) is 2. The number of aromatic amines is 1. The predicted octanol–water partition coefficient (Wildman–Crippen LogP) is 1.81. The van der Waals surface area contributed by atoms with Gasteiger partial charge in [0, 0.05) is 12.0 Å². The van der Waals surface area contributed by atoms with E-state index in [1.807, 2.05) is 0 Å². The van der Waals surface area contributed by atoms with Crippen molar-refractivity contribution in [1.29, 1.82) is 0 Å². The van der Waals surface area contributed by atoms with Gasteiger partial charge in [-0.1, -0.05) is 0 Å². The SMILES string of the molecule is Cc1cc(-c2n[nH]c(CCCN)n2)ccc1F. The number of aromatic nitrogens is 3. The normalized spacial score (nSPS) is 10.8. The predicted molar refractivity (Wildman–Crippen MR) is 63.9 cm³/mol. The summed E-state index contributed by atoms with van der Waals surface area (Å²) in [6.45, 7) is 2.35. The number of aryl methyl sites for hydroxylation is 2. The van der Waals surface area contributed by atoms with Gasteiger partial charge in [0.25, 0.3) is 0 Å². The second kappa shape index (κ2) is 5.05. The molecule has 1 heterocycles. The van der Waals surface area contributed by atoms with E-state index in [-0.39, 0.29) is 5.82 Å². The maximum absolute atomic E-state index is 13.1. The molecule has 0 unspecified atom stereocenters. The minimum Gasteiger partial charge on any atom is -0.330 e. The van der Waals surface area contributed by atoms with Crippen molar-refractivity contribution in [1.82, 2.24) is 15.2 Å². The molecule has 0 aliphatic carbocycles. The van der Waals surface area contributed by atoms with E-state index in [4.69, 9.17) is 5.73 Å². The van der Waals surface area contributed by atoms with E-state index < -0.39 is 0 Å². The van der Waals surface area contributed by atoms with E-state index in [1.54, 1.807) is 19.1 Å². The fourth-order valence-corrected chi connectivity index (χ4v) is 1.59. The maximum Gasteiger partial charge on any atom is 0.181 e. The van der Waals surface area contributed by atoms with Crippen molar-refractivity contribution in [3.05, 3.63) is 35.4 Å². The molecule has 17 heavy (non-hydrogen) atoms. The van der Waals surface area contributed by atoms with E-state index in [1.165, 1.54) is 6.07 Å². The molecule has 0 spiro atoms. The molecule has 0 saturated carbocycles. The van der Waals surface area contributed by atoms with Gasteiger partial charge in [-0.2, -0.15) is 5.10 Å². The Labute approximate surface area is 99.1 Å². The molecular weight excluding hydrogens is 219 g/mol. The molecule has 1 aromatic heterocycles. The second-order valence-electron chi connectivity index (χ2n) is 3.96. The monoisotopic (exact) mass is 234 g/mol. The third kappa shape index (κ3) is 2.68. The van der Waals surface area contributed by atoms with E-state index in [9.17, 15) is 4.39 Å². The van der Waals surface area contributed by atoms with Crippen LogP contribution in [0, 0.1) is 12.7 Å². The molecule has 1 aromatic carbocycles. The average Bonchev–Trinajstić information content (AvgIpc) is 2.79. The van der Waals surface area contributed by atoms with Gasteiger partial charge in [0.15, 0.2) is 5.82 Å². The molecule has 5 heteroatoms. The Hall–Kier alpha value is -1.75. The zero-order chi connectivity index (χ0) is 12.3. The van der Waals surface area contributed by atoms with Crippen LogP contribution in [0.15, 0.2) is 18.2 Å². The van der Waals surface area contributed by atoms with Gasteiger partial charge in [-0.05, 0) is 43.7 Å². The topological polar surface area (TPSA) is 67.6 Å². The lowest BCUT2D eigenvalue weighted by molar-refractivity contribution is 0.618. The van der Waals surface area contributed by atoms with Gasteiger partial charge in [-0.15, -0.1) is 0 Å². The highest BCUT2D eigenvalue weighted by Crippen LogP contribution is 2.18. The van der Waals surface area contributed by atoms with Gasteiger partial charge in [0.05, 0.1) is 0 Å². The summed E-state index contributed by atoms with van der Waals surface area (Å²) in [6.07, 6.45) is 1.65. The van der Waals surface area contributed by atoms with Crippen LogP contribution in [0.4, 0.5) is 4.39 Å². The fourth-order valence-electron chi connectivity index (χ4n) is 1.59. The molecule has 3 N–H and O–H groups in total. The number of nitrogens with one attached hydrogen (secondary N) is 1. The molecule has 2 rings (SSSR count). The summed E-state index contributed by atoms with van der Waals surface area (Å²) >= 11 is 0. The van der Waals surface area contributed by atoms with Gasteiger partial charge in [0.2, 0.25) is 0 Å². The highest BCUT2D eigenvalue weighted by atomic mass is 19.1. The van der Waals surface area contributed by atoms with Gasteiger partial charge >= 0.3 is 0 Å². The molecular formula is C12H15FN4. The van der Waals surface area contributed by atoms with E-state index in [0.717, 1.165) is 24.2 Å². The van der Waals surface area contributed by atoms with Crippen LogP contribution in [0.5, 0.6) is 0 Å². The third-order valence-electron chi connectivity index (χ3n) is 2.57. The van der Waals surface area contributed by atoms with Crippen molar-refractivity contribution < 1.29 is 4.39 Å². The smallest absolute Gasteiger partial charge is 0.181 e. The van der Waals surface area contributed by atoms with Crippen molar-refractivity contribution in [3.63, 3.8) is 0 Å². The summed E-state index contributed by atoms with van der Waals surface area (Å²) < 4.78 is 13.1. The van der Waals surface area contributed by atoms with Crippen LogP contribution in [-0.2, 0) is 6.42 Å². The number of hydrogen-bond acceptors (Lipinski definition) is 3. The van der Waals surface area contributed by atoms with E-state index in [0.29, 0.717) is 17.9 Å². The van der Waals surface area contributed by atoms with Crippen LogP contribution in [0.3, 0.4) is 0 Å². The Morgan fingerprint density at radius 1 is 1.41 bits per heavy atom. The van der Waals surface area contributed by atoms with E-state index in [2.05, 4.69) is 15.2 Å². The van der Waals surface area contributed by atoms with Crippen LogP contribution in [0.1, 0.15) is 17.8 Å². The number of nitrogens with two attached hydrogens (primary N) is 1. The minimum atomic E-state index is -0.215. The Bertz CT molecular complexity index is 507. The van der Waals surface area contributed by atoms with Crippen LogP contribution in [0.25, 0.3) is 11.4 Å². The Morgan fingerprint density at radius 2 is 2.24 bits per heavy atom. The number of halogens is 1. The molecule has 0 amide bonds. The largest absolute Gasteiger partial charge is 0.330 e. The van der Waals surface area contributed by atoms with Crippen molar-refractivity contribution in [2.75, 3.05) is 6.54 Å². The maximum atomic E-state index is 13.1. The van der Waals surface area contributed by atoms with Crippen molar-refractivity contribution in [2.24, 2.45) is 5.73 Å². The van der Waals surface area contributed by atoms with Crippen molar-refractivity contribution >= 4 is 0 Å². The van der Waals surface area contributed by atoms with Crippen LogP contribution in [0.2, 0.25) is 0 Å². The summed E-state index contributed by atoms with van der Waals surface area (Å²) in [4.78, 5) is 4.34. The molecule has 0 atom stereocenters. The lowest BCUT2D eigenvalue weighted by Gasteiger charge is -1.98. The zero-order valence-electron chi connectivity index (χ0n) is 9.70. The second-order valence-corrected chi connectivity index (χ2v) is 3.96. The molecule has 0 aliphatic rings. The summed E-state index contributed by atoms with van der Waals surface area (Å²) in [6, 6.07) is 4.85. The highest BCUT2D eigenvalue weighted by Gasteiger charge is 2.07. The fraction of sp³-hybridized carbons (Fsp3) is 0.333. The molecule has 90 valence electrons. The average molecular weight is 234 g/mol. The van der Waals surface area contributed by atoms with Crippen LogP contribution < -0.4 is 5.73 Å². The van der Waals surface area contributed by atoms with Gasteiger partial charge in [0.1, 0.15) is 11.6 Å². The summed E-state index contributed by atoms with van der Waals surface area (Å²) in [5.74, 6) is 1.19. The molecule has 0 fully saturated rings. The lowest BCUT2D eigenvalue weighted by atomic mass is 10.1. The standard InChI is InChI=1S/C12H15FN4/c1-8-7-9(4-5-10(8)13)12-15-11(16-17-12)3-2-6-14/h4-5,7H,2-3,6,14H2,1H3,(H,15,16,17). The van der Waals surface area contributed by atoms with Gasteiger partial charge < -0.3 is 5.73 Å². The molecule has 2 aromatic rings. The summed E-state index contributed by atoms with van der Waals surface area (Å²) in [5, 5.41) is 6.97. The Morgan fingerprint density at radius 3 is 2.94 bits per heavy atom. The molecule has 0 radical (unpaired) electrons. The number of H-pyrrole nitrogens is 1. The zero-order valence-corrected chi connectivity index (χ0v) is 9.70. The first kappa shape index (κ1) is 11.7. The van der Waals surface area contributed by atoms with Gasteiger partial charge in [-0.25, -0.2) is 9.37 Å². The van der Waals surface area contributed by atoms with Gasteiger partial charge in [-0.3, -0.25) is 5.10 Å². The first-order valence-electron chi connectivity index (χ1n) is 5.58. The summed E-state index contributed by atoms with van der Waals surface area (Å²) in [5.41, 5.74) is 6.84. The third-order valence-corrected chi connectivity index (χ3v) is 2.57. The quantitative estimate of drug-likeness (QED) is 0.847. The molecule has 0 saturated heterocycles. The van der Waals surface area contributed by atoms with E-state index >= 15 is 0 Å². The molecule has 0 aliphatic heterocycles. The summed E-state index contributed by atoms with van der Waals surface area (Å²) in [7, 11) is 0. The van der Waals surface area contributed by atoms with Crippen molar-refractivity contribution in [2.45, 2.75) is 19.8 Å². The molecule has 0 bridgehead atoms. The first-order valence-corrected chi connectivity index (χ1v) is 5.58. The van der Waals surface area contributed by atoms with Crippen LogP contribution >= 0.6 is 0 Å². The Kier molecular flexibility index (Phi) is 3.49. The number of rotatable bonds is 4. The van der Waals surface area contributed by atoms with Crippen molar-refractivity contribution in [3.8, 4) is 11.4 Å². The molecule has 4 nitrogen and oxygen atoms in total.